The molecule has 3 rings (SSSR count). The Kier molecular flexibility index (Phi) is 3.79. The van der Waals surface area contributed by atoms with Crippen molar-refractivity contribution in [3.05, 3.63) is 77.9 Å². The van der Waals surface area contributed by atoms with Crippen LogP contribution >= 0.6 is 0 Å². The Morgan fingerprint density at radius 1 is 0.955 bits per heavy atom. The van der Waals surface area contributed by atoms with Crippen molar-refractivity contribution >= 4 is 16.7 Å². The number of rotatable bonds is 4. The van der Waals surface area contributed by atoms with Gasteiger partial charge in [-0.1, -0.05) is 60.7 Å². The molecule has 0 spiro atoms. The monoisotopic (exact) mass is 292 g/mol. The third-order valence-electron chi connectivity index (χ3n) is 3.68. The largest absolute Gasteiger partial charge is 0.485 e. The van der Waals surface area contributed by atoms with Gasteiger partial charge < -0.3 is 9.84 Å². The number of ether oxygens (including phenoxy) is 1. The van der Waals surface area contributed by atoms with Gasteiger partial charge in [-0.2, -0.15) is 0 Å². The fourth-order valence-corrected chi connectivity index (χ4v) is 2.55. The van der Waals surface area contributed by atoms with Gasteiger partial charge in [0.2, 0.25) is 0 Å². The molecule has 1 unspecified atom stereocenters. The van der Waals surface area contributed by atoms with Crippen molar-refractivity contribution in [2.45, 2.75) is 13.0 Å². The molecule has 1 N–H and O–H groups in total. The topological polar surface area (TPSA) is 46.5 Å². The zero-order valence-corrected chi connectivity index (χ0v) is 12.2. The highest BCUT2D eigenvalue weighted by Crippen LogP contribution is 2.31. The molecular weight excluding hydrogens is 276 g/mol. The lowest BCUT2D eigenvalue weighted by Crippen LogP contribution is -2.08. The molecule has 0 amide bonds. The van der Waals surface area contributed by atoms with Crippen molar-refractivity contribution in [2.24, 2.45) is 0 Å². The van der Waals surface area contributed by atoms with Crippen LogP contribution in [0.3, 0.4) is 0 Å². The molecule has 0 aliphatic rings. The fraction of sp³-hybridized carbons (Fsp3) is 0.105. The Morgan fingerprint density at radius 3 is 2.36 bits per heavy atom. The standard InChI is InChI=1S/C19H16O3/c1-13(14-7-3-2-4-8-14)22-17-12-11-15-9-5-6-10-16(15)18(17)19(20)21/h2-13H,1H3,(H,20,21). The average molecular weight is 292 g/mol. The zero-order chi connectivity index (χ0) is 15.5. The van der Waals surface area contributed by atoms with Gasteiger partial charge in [0.15, 0.2) is 0 Å². The summed E-state index contributed by atoms with van der Waals surface area (Å²) in [7, 11) is 0. The van der Waals surface area contributed by atoms with Crippen LogP contribution in [0.15, 0.2) is 66.7 Å². The highest BCUT2D eigenvalue weighted by atomic mass is 16.5. The first-order valence-electron chi connectivity index (χ1n) is 7.13. The summed E-state index contributed by atoms with van der Waals surface area (Å²) in [5, 5.41) is 11.1. The van der Waals surface area contributed by atoms with Gasteiger partial charge in [-0.25, -0.2) is 4.79 Å². The minimum absolute atomic E-state index is 0.209. The Hall–Kier alpha value is -2.81. The zero-order valence-electron chi connectivity index (χ0n) is 12.2. The Morgan fingerprint density at radius 2 is 1.64 bits per heavy atom. The smallest absolute Gasteiger partial charge is 0.340 e. The molecule has 0 fully saturated rings. The second kappa shape index (κ2) is 5.90. The summed E-state index contributed by atoms with van der Waals surface area (Å²) in [5.74, 6) is -0.588. The van der Waals surface area contributed by atoms with E-state index >= 15 is 0 Å². The number of hydrogen-bond acceptors (Lipinski definition) is 2. The molecule has 3 aromatic carbocycles. The molecule has 0 aliphatic heterocycles. The maximum atomic E-state index is 11.7. The van der Waals surface area contributed by atoms with E-state index in [1.807, 2.05) is 61.5 Å². The molecule has 1 atom stereocenters. The number of fused-ring (bicyclic) bond motifs is 1. The highest BCUT2D eigenvalue weighted by molar-refractivity contribution is 6.06. The van der Waals surface area contributed by atoms with E-state index in [4.69, 9.17) is 4.74 Å². The molecular formula is C19H16O3. The van der Waals surface area contributed by atoms with Crippen LogP contribution in [0.25, 0.3) is 10.8 Å². The van der Waals surface area contributed by atoms with Crippen LogP contribution in [-0.2, 0) is 0 Å². The van der Waals surface area contributed by atoms with Crippen LogP contribution in [-0.4, -0.2) is 11.1 Å². The molecule has 0 saturated carbocycles. The third kappa shape index (κ3) is 2.66. The van der Waals surface area contributed by atoms with Gasteiger partial charge in [0.1, 0.15) is 17.4 Å². The van der Waals surface area contributed by atoms with Gasteiger partial charge in [0.05, 0.1) is 0 Å². The van der Waals surface area contributed by atoms with Gasteiger partial charge >= 0.3 is 5.97 Å². The van der Waals surface area contributed by atoms with Crippen LogP contribution in [0.4, 0.5) is 0 Å². The first-order valence-corrected chi connectivity index (χ1v) is 7.13. The van der Waals surface area contributed by atoms with E-state index in [-0.39, 0.29) is 11.7 Å². The lowest BCUT2D eigenvalue weighted by atomic mass is 10.0. The Bertz CT molecular complexity index is 809. The molecule has 0 aliphatic carbocycles. The van der Waals surface area contributed by atoms with Gasteiger partial charge in [0, 0.05) is 0 Å². The van der Waals surface area contributed by atoms with Gasteiger partial charge in [-0.15, -0.1) is 0 Å². The van der Waals surface area contributed by atoms with Crippen LogP contribution in [0.1, 0.15) is 28.9 Å². The molecule has 22 heavy (non-hydrogen) atoms. The van der Waals surface area contributed by atoms with E-state index in [9.17, 15) is 9.90 Å². The highest BCUT2D eigenvalue weighted by Gasteiger charge is 2.18. The normalized spacial score (nSPS) is 12.0. The maximum absolute atomic E-state index is 11.7. The van der Waals surface area contributed by atoms with E-state index < -0.39 is 5.97 Å². The number of carboxylic acid groups (broad SMARTS) is 1. The summed E-state index contributed by atoms with van der Waals surface area (Å²) >= 11 is 0. The van der Waals surface area contributed by atoms with E-state index in [2.05, 4.69) is 0 Å². The molecule has 3 aromatic rings. The number of carboxylic acids is 1. The lowest BCUT2D eigenvalue weighted by Gasteiger charge is -2.17. The van der Waals surface area contributed by atoms with E-state index in [0.29, 0.717) is 11.1 Å². The summed E-state index contributed by atoms with van der Waals surface area (Å²) in [5.41, 5.74) is 1.22. The van der Waals surface area contributed by atoms with Crippen molar-refractivity contribution in [3.8, 4) is 5.75 Å². The van der Waals surface area contributed by atoms with Crippen molar-refractivity contribution in [3.63, 3.8) is 0 Å². The van der Waals surface area contributed by atoms with Crippen molar-refractivity contribution in [2.75, 3.05) is 0 Å². The molecule has 0 radical (unpaired) electrons. The van der Waals surface area contributed by atoms with Crippen LogP contribution in [0.5, 0.6) is 5.75 Å². The van der Waals surface area contributed by atoms with E-state index in [1.165, 1.54) is 0 Å². The van der Waals surface area contributed by atoms with Crippen LogP contribution in [0, 0.1) is 0 Å². The number of hydrogen-bond donors (Lipinski definition) is 1. The predicted octanol–water partition coefficient (Wildman–Crippen LogP) is 4.68. The second-order valence-electron chi connectivity index (χ2n) is 5.14. The number of aromatic carboxylic acids is 1. The molecule has 0 saturated heterocycles. The Labute approximate surface area is 128 Å². The van der Waals surface area contributed by atoms with Crippen LogP contribution in [0.2, 0.25) is 0 Å². The van der Waals surface area contributed by atoms with Gasteiger partial charge in [0.25, 0.3) is 0 Å². The summed E-state index contributed by atoms with van der Waals surface area (Å²) in [4.78, 5) is 11.7. The summed E-state index contributed by atoms with van der Waals surface area (Å²) in [6.45, 7) is 1.91. The lowest BCUT2D eigenvalue weighted by molar-refractivity contribution is 0.0692. The SMILES string of the molecule is CC(Oc1ccc2ccccc2c1C(=O)O)c1ccccc1. The van der Waals surface area contributed by atoms with Crippen molar-refractivity contribution in [1.29, 1.82) is 0 Å². The quantitative estimate of drug-likeness (QED) is 0.759. The van der Waals surface area contributed by atoms with Crippen molar-refractivity contribution < 1.29 is 14.6 Å². The Balaban J connectivity index is 2.04. The van der Waals surface area contributed by atoms with Crippen molar-refractivity contribution in [1.82, 2.24) is 0 Å². The predicted molar refractivity (Wildman–Crippen MR) is 86.4 cm³/mol. The van der Waals surface area contributed by atoms with E-state index in [0.717, 1.165) is 10.9 Å². The molecule has 0 aromatic heterocycles. The second-order valence-corrected chi connectivity index (χ2v) is 5.14. The van der Waals surface area contributed by atoms with Gasteiger partial charge in [-0.3, -0.25) is 0 Å². The fourth-order valence-electron chi connectivity index (χ4n) is 2.55. The van der Waals surface area contributed by atoms with Crippen LogP contribution < -0.4 is 4.74 Å². The minimum atomic E-state index is -0.980. The molecule has 110 valence electrons. The molecule has 3 heteroatoms. The van der Waals surface area contributed by atoms with E-state index in [1.54, 1.807) is 12.1 Å². The molecule has 0 heterocycles. The first-order chi connectivity index (χ1) is 10.7. The average Bonchev–Trinajstić information content (AvgIpc) is 2.55. The first kappa shape index (κ1) is 14.1. The number of benzene rings is 3. The molecule has 0 bridgehead atoms. The third-order valence-corrected chi connectivity index (χ3v) is 3.68. The molecule has 3 nitrogen and oxygen atoms in total. The maximum Gasteiger partial charge on any atom is 0.340 e. The summed E-state index contributed by atoms with van der Waals surface area (Å²) < 4.78 is 5.92. The summed E-state index contributed by atoms with van der Waals surface area (Å²) in [6, 6.07) is 20.8. The minimum Gasteiger partial charge on any atom is -0.485 e. The summed E-state index contributed by atoms with van der Waals surface area (Å²) in [6.07, 6.45) is -0.222. The number of carbonyl (C=O) groups is 1. The van der Waals surface area contributed by atoms with Gasteiger partial charge in [-0.05, 0) is 29.3 Å².